The number of amides is 4. The molecule has 3 aromatic rings. The second-order valence-electron chi connectivity index (χ2n) is 10.0. The number of nitrogens with one attached hydrogen (secondary N) is 4. The first-order valence-electron chi connectivity index (χ1n) is 12.7. The number of hydrogen-bond acceptors (Lipinski definition) is 6. The molecule has 4 atom stereocenters. The van der Waals surface area contributed by atoms with Crippen LogP contribution < -0.4 is 16.0 Å². The van der Waals surface area contributed by atoms with E-state index in [2.05, 4.69) is 27.0 Å². The van der Waals surface area contributed by atoms with E-state index in [1.807, 2.05) is 6.07 Å². The minimum atomic E-state index is -1.17. The molecule has 10 heteroatoms. The summed E-state index contributed by atoms with van der Waals surface area (Å²) in [6.07, 6.45) is -0.170. The van der Waals surface area contributed by atoms with E-state index in [-0.39, 0.29) is 18.0 Å². The van der Waals surface area contributed by atoms with Gasteiger partial charge in [-0.1, -0.05) is 57.2 Å². The van der Waals surface area contributed by atoms with Crippen LogP contribution in [0, 0.1) is 29.1 Å². The number of ketones is 1. The number of imide groups is 1. The average Bonchev–Trinajstić information content (AvgIpc) is 3.45. The maximum Gasteiger partial charge on any atom is 0.268 e. The van der Waals surface area contributed by atoms with Crippen molar-refractivity contribution in [1.82, 2.24) is 20.9 Å². The SMILES string of the molecule is CC(C)[C@H](NC(=O)C[C@H](NC(=O)c1cc2ccc(C#N)cc2[nH]1)c1ccccc1)C(=O)[C@@H]1C(=O)NC(=O)[C@H]1C. The number of fused-ring (bicyclic) bond motifs is 1. The lowest BCUT2D eigenvalue weighted by atomic mass is 9.85. The largest absolute Gasteiger partial charge is 0.350 e. The molecule has 200 valence electrons. The van der Waals surface area contributed by atoms with Gasteiger partial charge in [-0.25, -0.2) is 0 Å². The standard InChI is InChI=1S/C29H29N5O5/c1-15(2)25(26(36)24-16(3)27(37)34-29(24)39)33-23(35)13-21(18-7-5-4-6-8-18)32-28(38)22-12-19-10-9-17(14-30)11-20(19)31-22/h4-12,15-16,21,24-25,31H,13H2,1-3H3,(H,32,38)(H,33,35)(H,34,37,39)/t16-,21-,24+,25-/m0/s1. The van der Waals surface area contributed by atoms with E-state index < -0.39 is 53.3 Å². The third kappa shape index (κ3) is 5.88. The van der Waals surface area contributed by atoms with Crippen LogP contribution in [-0.4, -0.2) is 40.4 Å². The number of carbonyl (C=O) groups excluding carboxylic acids is 5. The van der Waals surface area contributed by atoms with Gasteiger partial charge >= 0.3 is 0 Å². The molecule has 10 nitrogen and oxygen atoms in total. The van der Waals surface area contributed by atoms with Crippen molar-refractivity contribution in [2.24, 2.45) is 17.8 Å². The molecule has 0 radical (unpaired) electrons. The zero-order valence-electron chi connectivity index (χ0n) is 21.8. The van der Waals surface area contributed by atoms with Crippen molar-refractivity contribution < 1.29 is 24.0 Å². The van der Waals surface area contributed by atoms with Crippen LogP contribution in [0.3, 0.4) is 0 Å². The lowest BCUT2D eigenvalue weighted by molar-refractivity contribution is -0.137. The third-order valence-corrected chi connectivity index (χ3v) is 6.93. The van der Waals surface area contributed by atoms with E-state index >= 15 is 0 Å². The number of benzene rings is 2. The van der Waals surface area contributed by atoms with E-state index in [9.17, 15) is 24.0 Å². The Kier molecular flexibility index (Phi) is 7.91. The predicted molar refractivity (Wildman–Crippen MR) is 142 cm³/mol. The zero-order chi connectivity index (χ0) is 28.3. The summed E-state index contributed by atoms with van der Waals surface area (Å²) in [5.41, 5.74) is 2.04. The molecular weight excluding hydrogens is 498 g/mol. The van der Waals surface area contributed by atoms with Gasteiger partial charge in [0.1, 0.15) is 11.6 Å². The van der Waals surface area contributed by atoms with Crippen molar-refractivity contribution >= 4 is 40.3 Å². The highest BCUT2D eigenvalue weighted by Crippen LogP contribution is 2.24. The average molecular weight is 528 g/mol. The van der Waals surface area contributed by atoms with Crippen molar-refractivity contribution in [1.29, 1.82) is 5.26 Å². The number of hydrogen-bond donors (Lipinski definition) is 4. The predicted octanol–water partition coefficient (Wildman–Crippen LogP) is 2.52. The lowest BCUT2D eigenvalue weighted by Crippen LogP contribution is -2.49. The molecule has 0 saturated carbocycles. The maximum absolute atomic E-state index is 13.2. The molecule has 4 N–H and O–H groups in total. The highest BCUT2D eigenvalue weighted by molar-refractivity contribution is 6.16. The normalized spacial score (nSPS) is 18.3. The van der Waals surface area contributed by atoms with E-state index in [0.29, 0.717) is 16.6 Å². The van der Waals surface area contributed by atoms with Crippen LogP contribution in [0.5, 0.6) is 0 Å². The van der Waals surface area contributed by atoms with E-state index in [1.54, 1.807) is 62.4 Å². The highest BCUT2D eigenvalue weighted by atomic mass is 16.2. The molecule has 0 spiro atoms. The molecule has 1 fully saturated rings. The Morgan fingerprint density at radius 1 is 1.00 bits per heavy atom. The molecule has 2 aromatic carbocycles. The van der Waals surface area contributed by atoms with Crippen molar-refractivity contribution in [3.8, 4) is 6.07 Å². The highest BCUT2D eigenvalue weighted by Gasteiger charge is 2.46. The fourth-order valence-electron chi connectivity index (χ4n) is 4.74. The summed E-state index contributed by atoms with van der Waals surface area (Å²) in [6, 6.07) is 16.0. The summed E-state index contributed by atoms with van der Waals surface area (Å²) in [5, 5.41) is 17.7. The molecule has 1 aliphatic heterocycles. The van der Waals surface area contributed by atoms with Crippen LogP contribution in [0.2, 0.25) is 0 Å². The Hall–Kier alpha value is -4.78. The summed E-state index contributed by atoms with van der Waals surface area (Å²) in [7, 11) is 0. The van der Waals surface area contributed by atoms with Crippen molar-refractivity contribution in [2.45, 2.75) is 39.3 Å². The topological polar surface area (TPSA) is 161 Å². The minimum Gasteiger partial charge on any atom is -0.350 e. The molecule has 1 saturated heterocycles. The van der Waals surface area contributed by atoms with Gasteiger partial charge in [0.25, 0.3) is 5.91 Å². The number of carbonyl (C=O) groups is 5. The van der Waals surface area contributed by atoms with Gasteiger partial charge in [0.15, 0.2) is 5.78 Å². The summed E-state index contributed by atoms with van der Waals surface area (Å²) in [5.74, 6) is -4.97. The first-order chi connectivity index (χ1) is 18.6. The van der Waals surface area contributed by atoms with Gasteiger partial charge in [-0.3, -0.25) is 29.3 Å². The molecular formula is C29H29N5O5. The van der Waals surface area contributed by atoms with E-state index in [1.165, 1.54) is 6.92 Å². The molecule has 39 heavy (non-hydrogen) atoms. The van der Waals surface area contributed by atoms with Crippen molar-refractivity contribution in [2.75, 3.05) is 0 Å². The molecule has 0 bridgehead atoms. The van der Waals surface area contributed by atoms with Gasteiger partial charge < -0.3 is 15.6 Å². The second-order valence-corrected chi connectivity index (χ2v) is 10.0. The molecule has 0 unspecified atom stereocenters. The van der Waals surface area contributed by atoms with Crippen LogP contribution in [0.15, 0.2) is 54.6 Å². The molecule has 4 rings (SSSR count). The zero-order valence-corrected chi connectivity index (χ0v) is 21.8. The molecule has 4 amide bonds. The van der Waals surface area contributed by atoms with Crippen LogP contribution in [0.25, 0.3) is 10.9 Å². The van der Waals surface area contributed by atoms with E-state index in [4.69, 9.17) is 5.26 Å². The van der Waals surface area contributed by atoms with Crippen LogP contribution in [0.1, 0.15) is 54.8 Å². The van der Waals surface area contributed by atoms with Gasteiger partial charge in [0.05, 0.1) is 36.1 Å². The Morgan fingerprint density at radius 2 is 1.72 bits per heavy atom. The number of Topliss-reactive ketones (excluding diaryl/α,β-unsaturated/α-hetero) is 1. The maximum atomic E-state index is 13.2. The van der Waals surface area contributed by atoms with E-state index in [0.717, 1.165) is 5.39 Å². The molecule has 0 aliphatic carbocycles. The van der Waals surface area contributed by atoms with Crippen LogP contribution in [0.4, 0.5) is 0 Å². The number of aromatic nitrogens is 1. The van der Waals surface area contributed by atoms with Crippen molar-refractivity contribution in [3.63, 3.8) is 0 Å². The van der Waals surface area contributed by atoms with Gasteiger partial charge in [-0.2, -0.15) is 5.26 Å². The van der Waals surface area contributed by atoms with Crippen LogP contribution in [-0.2, 0) is 19.2 Å². The number of aromatic amines is 1. The first-order valence-corrected chi connectivity index (χ1v) is 12.7. The Morgan fingerprint density at radius 3 is 2.33 bits per heavy atom. The number of H-pyrrole nitrogens is 1. The number of nitriles is 1. The first kappa shape index (κ1) is 27.3. The van der Waals surface area contributed by atoms with Gasteiger partial charge in [0, 0.05) is 10.9 Å². The summed E-state index contributed by atoms with van der Waals surface area (Å²) in [4.78, 5) is 66.7. The number of rotatable bonds is 9. The van der Waals surface area contributed by atoms with Gasteiger partial charge in [-0.15, -0.1) is 0 Å². The second kappa shape index (κ2) is 11.3. The van der Waals surface area contributed by atoms with Crippen molar-refractivity contribution in [3.05, 3.63) is 71.4 Å². The fourth-order valence-corrected chi connectivity index (χ4v) is 4.74. The van der Waals surface area contributed by atoms with Gasteiger partial charge in [0.2, 0.25) is 17.7 Å². The summed E-state index contributed by atoms with van der Waals surface area (Å²) in [6.45, 7) is 4.99. The summed E-state index contributed by atoms with van der Waals surface area (Å²) < 4.78 is 0. The van der Waals surface area contributed by atoms with Gasteiger partial charge in [-0.05, 0) is 29.7 Å². The molecule has 2 heterocycles. The Balaban J connectivity index is 1.52. The monoisotopic (exact) mass is 527 g/mol. The molecule has 1 aliphatic rings. The smallest absolute Gasteiger partial charge is 0.268 e. The number of nitrogens with zero attached hydrogens (tertiary/aromatic N) is 1. The minimum absolute atomic E-state index is 0.170. The molecule has 1 aromatic heterocycles. The Labute approximate surface area is 225 Å². The fraction of sp³-hybridized carbons (Fsp3) is 0.310. The lowest BCUT2D eigenvalue weighted by Gasteiger charge is -2.26. The third-order valence-electron chi connectivity index (χ3n) is 6.93. The Bertz CT molecular complexity index is 1490. The summed E-state index contributed by atoms with van der Waals surface area (Å²) >= 11 is 0. The van der Waals surface area contributed by atoms with Crippen LogP contribution >= 0.6 is 0 Å². The quantitative estimate of drug-likeness (QED) is 0.247.